The molecule has 0 aliphatic heterocycles. The van der Waals surface area contributed by atoms with Gasteiger partial charge in [-0.05, 0) is 18.2 Å². The molecule has 0 saturated carbocycles. The van der Waals surface area contributed by atoms with Crippen molar-refractivity contribution in [3.8, 4) is 0 Å². The zero-order valence-electron chi connectivity index (χ0n) is 9.09. The average molecular weight is 258 g/mol. The first-order valence-corrected chi connectivity index (χ1v) is 6.34. The van der Waals surface area contributed by atoms with Gasteiger partial charge in [0.2, 0.25) is 5.83 Å². The Hall–Kier alpha value is -1.69. The van der Waals surface area contributed by atoms with E-state index in [1.807, 2.05) is 0 Å². The summed E-state index contributed by atoms with van der Waals surface area (Å²) in [5, 5.41) is 0. The van der Waals surface area contributed by atoms with Crippen LogP contribution in [0.5, 0.6) is 0 Å². The molecule has 0 aromatic heterocycles. The molecule has 0 amide bonds. The molecule has 0 aliphatic carbocycles. The average Bonchev–Trinajstić information content (AvgIpc) is 2.36. The number of carbonyl (C=O) groups is 1. The molecule has 0 fully saturated rings. The number of benzene rings is 1. The lowest BCUT2D eigenvalue weighted by Crippen LogP contribution is -2.07. The number of ether oxygens (including phenoxy) is 1. The fourth-order valence-electron chi connectivity index (χ4n) is 1.09. The van der Waals surface area contributed by atoms with Crippen molar-refractivity contribution in [1.29, 1.82) is 0 Å². The number of halogens is 1. The van der Waals surface area contributed by atoms with Crippen molar-refractivity contribution in [1.82, 2.24) is 0 Å². The number of sulfone groups is 1. The highest BCUT2D eigenvalue weighted by molar-refractivity contribution is 7.91. The van der Waals surface area contributed by atoms with Crippen LogP contribution < -0.4 is 0 Å². The summed E-state index contributed by atoms with van der Waals surface area (Å²) in [6.07, 6.45) is 0.689. The Bertz CT molecular complexity index is 520. The van der Waals surface area contributed by atoms with Gasteiger partial charge in [-0.2, -0.15) is 4.39 Å². The highest BCUT2D eigenvalue weighted by Gasteiger charge is 2.15. The van der Waals surface area contributed by atoms with Crippen LogP contribution in [-0.2, 0) is 19.4 Å². The van der Waals surface area contributed by atoms with E-state index < -0.39 is 27.4 Å². The summed E-state index contributed by atoms with van der Waals surface area (Å²) in [4.78, 5) is 10.8. The van der Waals surface area contributed by atoms with Crippen LogP contribution in [0.4, 0.5) is 4.39 Å². The Morgan fingerprint density at radius 3 is 2.47 bits per heavy atom. The topological polar surface area (TPSA) is 60.4 Å². The molecule has 0 N–H and O–H groups in total. The lowest BCUT2D eigenvalue weighted by Gasteiger charge is -2.00. The molecular weight excluding hydrogens is 247 g/mol. The van der Waals surface area contributed by atoms with Crippen LogP contribution in [0.3, 0.4) is 0 Å². The molecule has 4 nitrogen and oxygen atoms in total. The van der Waals surface area contributed by atoms with Gasteiger partial charge in [-0.1, -0.05) is 18.2 Å². The number of methoxy groups -OCH3 is 1. The summed E-state index contributed by atoms with van der Waals surface area (Å²) in [6, 6.07) is 7.60. The van der Waals surface area contributed by atoms with Crippen molar-refractivity contribution in [3.63, 3.8) is 0 Å². The minimum absolute atomic E-state index is 0.0777. The number of esters is 1. The van der Waals surface area contributed by atoms with Gasteiger partial charge in [-0.25, -0.2) is 13.2 Å². The quantitative estimate of drug-likeness (QED) is 0.606. The summed E-state index contributed by atoms with van der Waals surface area (Å²) >= 11 is 0. The molecular formula is C11H11FO4S. The Morgan fingerprint density at radius 2 is 1.94 bits per heavy atom. The van der Waals surface area contributed by atoms with Crippen molar-refractivity contribution in [2.45, 2.75) is 4.90 Å². The van der Waals surface area contributed by atoms with Crippen molar-refractivity contribution in [2.24, 2.45) is 0 Å². The summed E-state index contributed by atoms with van der Waals surface area (Å²) in [5.41, 5.74) is 0. The third kappa shape index (κ3) is 3.67. The lowest BCUT2D eigenvalue weighted by atomic mass is 10.4. The van der Waals surface area contributed by atoms with E-state index in [9.17, 15) is 17.6 Å². The van der Waals surface area contributed by atoms with Crippen LogP contribution in [0.15, 0.2) is 47.1 Å². The highest BCUT2D eigenvalue weighted by Crippen LogP contribution is 2.11. The fourth-order valence-corrected chi connectivity index (χ4v) is 2.22. The standard InChI is InChI=1S/C11H11FO4S/c1-16-11(13)10(12)7-8-17(14,15)9-5-3-2-4-6-9/h2-7H,8H2,1H3/b10-7-. The van der Waals surface area contributed by atoms with Gasteiger partial charge in [0.05, 0.1) is 17.8 Å². The summed E-state index contributed by atoms with van der Waals surface area (Å²) < 4.78 is 40.4. The molecule has 0 heterocycles. The molecule has 1 aromatic rings. The molecule has 1 rings (SSSR count). The van der Waals surface area contributed by atoms with E-state index in [-0.39, 0.29) is 4.90 Å². The van der Waals surface area contributed by atoms with E-state index in [4.69, 9.17) is 0 Å². The van der Waals surface area contributed by atoms with E-state index in [0.717, 1.165) is 7.11 Å². The molecule has 0 unspecified atom stereocenters. The zero-order chi connectivity index (χ0) is 12.9. The Morgan fingerprint density at radius 1 is 1.35 bits per heavy atom. The van der Waals surface area contributed by atoms with Crippen molar-refractivity contribution in [2.75, 3.05) is 12.9 Å². The van der Waals surface area contributed by atoms with E-state index in [1.165, 1.54) is 12.1 Å². The first-order chi connectivity index (χ1) is 7.97. The van der Waals surface area contributed by atoms with Gasteiger partial charge in [0.25, 0.3) is 0 Å². The molecule has 0 bridgehead atoms. The van der Waals surface area contributed by atoms with E-state index >= 15 is 0 Å². The van der Waals surface area contributed by atoms with Crippen LogP contribution in [0, 0.1) is 0 Å². The van der Waals surface area contributed by atoms with Gasteiger partial charge in [0, 0.05) is 0 Å². The molecule has 0 radical (unpaired) electrons. The normalized spacial score (nSPS) is 12.2. The predicted molar refractivity (Wildman–Crippen MR) is 59.7 cm³/mol. The molecule has 0 spiro atoms. The molecule has 1 aromatic carbocycles. The Kier molecular flexibility index (Phi) is 4.39. The smallest absolute Gasteiger partial charge is 0.366 e. The largest absolute Gasteiger partial charge is 0.464 e. The van der Waals surface area contributed by atoms with E-state index in [2.05, 4.69) is 4.74 Å². The third-order valence-corrected chi connectivity index (χ3v) is 3.56. The minimum Gasteiger partial charge on any atom is -0.464 e. The van der Waals surface area contributed by atoms with Crippen LogP contribution >= 0.6 is 0 Å². The number of hydrogen-bond donors (Lipinski definition) is 0. The predicted octanol–water partition coefficient (Wildman–Crippen LogP) is 1.49. The highest BCUT2D eigenvalue weighted by atomic mass is 32.2. The zero-order valence-corrected chi connectivity index (χ0v) is 9.91. The van der Waals surface area contributed by atoms with Crippen molar-refractivity contribution in [3.05, 3.63) is 42.2 Å². The summed E-state index contributed by atoms with van der Waals surface area (Å²) in [5.74, 6) is -2.99. The second-order valence-corrected chi connectivity index (χ2v) is 5.17. The summed E-state index contributed by atoms with van der Waals surface area (Å²) in [6.45, 7) is 0. The molecule has 92 valence electrons. The molecule has 17 heavy (non-hydrogen) atoms. The first-order valence-electron chi connectivity index (χ1n) is 4.69. The van der Waals surface area contributed by atoms with Crippen LogP contribution in [-0.4, -0.2) is 27.2 Å². The van der Waals surface area contributed by atoms with Gasteiger partial charge in [-0.15, -0.1) is 0 Å². The van der Waals surface area contributed by atoms with Crippen LogP contribution in [0.2, 0.25) is 0 Å². The monoisotopic (exact) mass is 258 g/mol. The molecule has 0 atom stereocenters. The maximum Gasteiger partial charge on any atom is 0.366 e. The van der Waals surface area contributed by atoms with Gasteiger partial charge < -0.3 is 4.74 Å². The number of hydrogen-bond acceptors (Lipinski definition) is 4. The second kappa shape index (κ2) is 5.58. The van der Waals surface area contributed by atoms with Crippen LogP contribution in [0.1, 0.15) is 0 Å². The molecule has 6 heteroatoms. The van der Waals surface area contributed by atoms with Gasteiger partial charge in [0.1, 0.15) is 0 Å². The fraction of sp³-hybridized carbons (Fsp3) is 0.182. The molecule has 0 saturated heterocycles. The maximum atomic E-state index is 13.0. The third-order valence-electron chi connectivity index (χ3n) is 1.96. The van der Waals surface area contributed by atoms with Gasteiger partial charge in [0.15, 0.2) is 9.84 Å². The van der Waals surface area contributed by atoms with Gasteiger partial charge >= 0.3 is 5.97 Å². The lowest BCUT2D eigenvalue weighted by molar-refractivity contribution is -0.137. The van der Waals surface area contributed by atoms with Crippen LogP contribution in [0.25, 0.3) is 0 Å². The first kappa shape index (κ1) is 13.4. The van der Waals surface area contributed by atoms with Gasteiger partial charge in [-0.3, -0.25) is 0 Å². The summed E-state index contributed by atoms with van der Waals surface area (Å²) in [7, 11) is -2.61. The molecule has 0 aliphatic rings. The minimum atomic E-state index is -3.62. The van der Waals surface area contributed by atoms with E-state index in [1.54, 1.807) is 18.2 Å². The van der Waals surface area contributed by atoms with Crippen molar-refractivity contribution >= 4 is 15.8 Å². The second-order valence-electron chi connectivity index (χ2n) is 3.14. The number of rotatable bonds is 4. The van der Waals surface area contributed by atoms with Crippen molar-refractivity contribution < 1.29 is 22.3 Å². The Labute approximate surface area is 98.6 Å². The number of carbonyl (C=O) groups excluding carboxylic acids is 1. The maximum absolute atomic E-state index is 13.0. The SMILES string of the molecule is COC(=O)/C(F)=C/CS(=O)(=O)c1ccccc1. The van der Waals surface area contributed by atoms with E-state index in [0.29, 0.717) is 6.08 Å². The Balaban J connectivity index is 2.86.